The van der Waals surface area contributed by atoms with Crippen LogP contribution in [0.2, 0.25) is 0 Å². The SMILES string of the molecule is O=C(NN=CC(Cl)(Cl)Cl)c1ccc([N+](=O)[O-])cc1. The van der Waals surface area contributed by atoms with Gasteiger partial charge in [0.15, 0.2) is 0 Å². The maximum atomic E-state index is 11.5. The van der Waals surface area contributed by atoms with E-state index in [0.717, 1.165) is 6.21 Å². The Morgan fingerprint density at radius 2 is 1.89 bits per heavy atom. The first-order valence-corrected chi connectivity index (χ1v) is 5.59. The summed E-state index contributed by atoms with van der Waals surface area (Å²) in [6.07, 6.45) is 0.918. The molecule has 6 nitrogen and oxygen atoms in total. The van der Waals surface area contributed by atoms with E-state index in [1.807, 2.05) is 0 Å². The van der Waals surface area contributed by atoms with E-state index < -0.39 is 14.6 Å². The molecule has 0 saturated carbocycles. The quantitative estimate of drug-likeness (QED) is 0.403. The molecule has 0 spiro atoms. The fourth-order valence-corrected chi connectivity index (χ4v) is 1.11. The second-order valence-electron chi connectivity index (χ2n) is 3.04. The van der Waals surface area contributed by atoms with E-state index in [9.17, 15) is 14.9 Å². The molecule has 0 aliphatic heterocycles. The number of hydrazone groups is 1. The highest BCUT2D eigenvalue weighted by atomic mass is 35.6. The third-order valence-corrected chi connectivity index (χ3v) is 2.01. The molecule has 1 aromatic rings. The number of nitro groups is 1. The van der Waals surface area contributed by atoms with Crippen molar-refractivity contribution in [3.05, 3.63) is 39.9 Å². The lowest BCUT2D eigenvalue weighted by molar-refractivity contribution is -0.384. The van der Waals surface area contributed by atoms with Gasteiger partial charge in [-0.15, -0.1) is 0 Å². The first kappa shape index (κ1) is 14.7. The molecule has 0 radical (unpaired) electrons. The predicted molar refractivity (Wildman–Crippen MR) is 69.3 cm³/mol. The standard InChI is InChI=1S/C9H6Cl3N3O3/c10-9(11,12)5-13-14-8(16)6-1-3-7(4-2-6)15(17)18/h1-5H,(H,14,16). The minimum atomic E-state index is -1.71. The fraction of sp³-hybridized carbons (Fsp3) is 0.111. The number of non-ortho nitro benzene ring substituents is 1. The molecular weight excluding hydrogens is 304 g/mol. The molecule has 0 aliphatic rings. The van der Waals surface area contributed by atoms with Gasteiger partial charge in [-0.1, -0.05) is 34.8 Å². The van der Waals surface area contributed by atoms with Gasteiger partial charge in [0.2, 0.25) is 3.79 Å². The smallest absolute Gasteiger partial charge is 0.267 e. The summed E-state index contributed by atoms with van der Waals surface area (Å²) in [5.41, 5.74) is 2.19. The number of rotatable bonds is 3. The summed E-state index contributed by atoms with van der Waals surface area (Å²) >= 11 is 16.1. The highest BCUT2D eigenvalue weighted by molar-refractivity contribution is 6.74. The lowest BCUT2D eigenvalue weighted by Crippen LogP contribution is -2.19. The van der Waals surface area contributed by atoms with E-state index in [2.05, 4.69) is 10.5 Å². The Bertz CT molecular complexity index is 482. The summed E-state index contributed by atoms with van der Waals surface area (Å²) in [5.74, 6) is -0.574. The van der Waals surface area contributed by atoms with E-state index in [1.54, 1.807) is 0 Å². The van der Waals surface area contributed by atoms with Crippen LogP contribution in [0.15, 0.2) is 29.4 Å². The van der Waals surface area contributed by atoms with E-state index >= 15 is 0 Å². The maximum Gasteiger partial charge on any atom is 0.271 e. The Labute approximate surface area is 117 Å². The normalized spacial score (nSPS) is 11.5. The number of alkyl halides is 3. The molecular formula is C9H6Cl3N3O3. The van der Waals surface area contributed by atoms with Crippen molar-refractivity contribution in [3.8, 4) is 0 Å². The Hall–Kier alpha value is -1.37. The van der Waals surface area contributed by atoms with Crippen LogP contribution in [0.1, 0.15) is 10.4 Å². The summed E-state index contributed by atoms with van der Waals surface area (Å²) in [5, 5.41) is 13.8. The van der Waals surface area contributed by atoms with Gasteiger partial charge in [-0.3, -0.25) is 14.9 Å². The molecule has 1 rings (SSSR count). The highest BCUT2D eigenvalue weighted by Gasteiger charge is 2.16. The van der Waals surface area contributed by atoms with Crippen LogP contribution in [0.25, 0.3) is 0 Å². The van der Waals surface area contributed by atoms with Gasteiger partial charge in [0.25, 0.3) is 11.6 Å². The Balaban J connectivity index is 2.68. The number of nitrogens with one attached hydrogen (secondary N) is 1. The monoisotopic (exact) mass is 309 g/mol. The molecule has 0 bridgehead atoms. The molecule has 0 aliphatic carbocycles. The maximum absolute atomic E-state index is 11.5. The van der Waals surface area contributed by atoms with Crippen LogP contribution in [0.5, 0.6) is 0 Å². The third kappa shape index (κ3) is 4.87. The average molecular weight is 311 g/mol. The number of carbonyl (C=O) groups is 1. The van der Waals surface area contributed by atoms with Crippen molar-refractivity contribution in [2.45, 2.75) is 3.79 Å². The largest absolute Gasteiger partial charge is 0.271 e. The summed E-state index contributed by atoms with van der Waals surface area (Å²) in [4.78, 5) is 21.3. The molecule has 0 heterocycles. The van der Waals surface area contributed by atoms with Crippen LogP contribution < -0.4 is 5.43 Å². The van der Waals surface area contributed by atoms with Gasteiger partial charge < -0.3 is 0 Å². The number of amides is 1. The minimum Gasteiger partial charge on any atom is -0.267 e. The van der Waals surface area contributed by atoms with Crippen molar-refractivity contribution in [2.24, 2.45) is 5.10 Å². The molecule has 0 saturated heterocycles. The highest BCUT2D eigenvalue weighted by Crippen LogP contribution is 2.22. The van der Waals surface area contributed by atoms with Crippen LogP contribution in [-0.4, -0.2) is 20.8 Å². The summed E-state index contributed by atoms with van der Waals surface area (Å²) in [7, 11) is 0. The second kappa shape index (κ2) is 5.99. The van der Waals surface area contributed by atoms with Gasteiger partial charge in [0.05, 0.1) is 11.1 Å². The summed E-state index contributed by atoms with van der Waals surface area (Å²) in [6.45, 7) is 0. The van der Waals surface area contributed by atoms with Crippen LogP contribution in [0.3, 0.4) is 0 Å². The number of halogens is 3. The van der Waals surface area contributed by atoms with Crippen LogP contribution in [0, 0.1) is 10.1 Å². The minimum absolute atomic E-state index is 0.114. The molecule has 1 amide bonds. The van der Waals surface area contributed by atoms with Crippen LogP contribution in [0.4, 0.5) is 5.69 Å². The van der Waals surface area contributed by atoms with Gasteiger partial charge in [0.1, 0.15) is 0 Å². The van der Waals surface area contributed by atoms with Gasteiger partial charge in [0, 0.05) is 17.7 Å². The molecule has 1 N–H and O–H groups in total. The third-order valence-electron chi connectivity index (χ3n) is 1.72. The fourth-order valence-electron chi connectivity index (χ4n) is 0.963. The van der Waals surface area contributed by atoms with E-state index in [0.29, 0.717) is 0 Å². The number of hydrogen-bond acceptors (Lipinski definition) is 4. The summed E-state index contributed by atoms with van der Waals surface area (Å²) < 4.78 is -1.71. The van der Waals surface area contributed by atoms with Gasteiger partial charge in [-0.2, -0.15) is 5.10 Å². The number of carbonyl (C=O) groups excluding carboxylic acids is 1. The lowest BCUT2D eigenvalue weighted by Gasteiger charge is -2.02. The van der Waals surface area contributed by atoms with Crippen molar-refractivity contribution >= 4 is 52.6 Å². The second-order valence-corrected chi connectivity index (χ2v) is 5.41. The zero-order valence-electron chi connectivity index (χ0n) is 8.64. The van der Waals surface area contributed by atoms with Crippen molar-refractivity contribution in [2.75, 3.05) is 0 Å². The Morgan fingerprint density at radius 1 is 1.33 bits per heavy atom. The molecule has 9 heteroatoms. The van der Waals surface area contributed by atoms with Crippen molar-refractivity contribution < 1.29 is 9.72 Å². The topological polar surface area (TPSA) is 84.6 Å². The van der Waals surface area contributed by atoms with Crippen LogP contribution >= 0.6 is 34.8 Å². The lowest BCUT2D eigenvalue weighted by atomic mass is 10.2. The van der Waals surface area contributed by atoms with Crippen molar-refractivity contribution in [1.82, 2.24) is 5.43 Å². The number of nitrogens with zero attached hydrogens (tertiary/aromatic N) is 2. The number of benzene rings is 1. The molecule has 18 heavy (non-hydrogen) atoms. The summed E-state index contributed by atoms with van der Waals surface area (Å²) in [6, 6.07) is 4.98. The molecule has 0 fully saturated rings. The Kier molecular flexibility index (Phi) is 4.89. The first-order valence-electron chi connectivity index (χ1n) is 4.45. The van der Waals surface area contributed by atoms with Gasteiger partial charge in [-0.25, -0.2) is 5.43 Å². The zero-order valence-corrected chi connectivity index (χ0v) is 10.9. The molecule has 0 aromatic heterocycles. The number of hydrogen-bond donors (Lipinski definition) is 1. The molecule has 96 valence electrons. The predicted octanol–water partition coefficient (Wildman–Crippen LogP) is 2.68. The van der Waals surface area contributed by atoms with Crippen molar-refractivity contribution in [1.29, 1.82) is 0 Å². The first-order chi connectivity index (χ1) is 8.29. The molecule has 0 atom stereocenters. The molecule has 1 aromatic carbocycles. The van der Waals surface area contributed by atoms with Crippen LogP contribution in [-0.2, 0) is 0 Å². The zero-order chi connectivity index (χ0) is 13.8. The van der Waals surface area contributed by atoms with E-state index in [4.69, 9.17) is 34.8 Å². The van der Waals surface area contributed by atoms with Gasteiger partial charge >= 0.3 is 0 Å². The van der Waals surface area contributed by atoms with E-state index in [1.165, 1.54) is 24.3 Å². The van der Waals surface area contributed by atoms with E-state index in [-0.39, 0.29) is 11.3 Å². The Morgan fingerprint density at radius 3 is 2.33 bits per heavy atom. The van der Waals surface area contributed by atoms with Crippen molar-refractivity contribution in [3.63, 3.8) is 0 Å². The molecule has 0 unspecified atom stereocenters. The number of nitro benzene ring substituents is 1. The average Bonchev–Trinajstić information content (AvgIpc) is 2.27. The van der Waals surface area contributed by atoms with Gasteiger partial charge in [-0.05, 0) is 12.1 Å².